The van der Waals surface area contributed by atoms with Crippen LogP contribution in [-0.4, -0.2) is 10.9 Å². The summed E-state index contributed by atoms with van der Waals surface area (Å²) < 4.78 is 0. The molecule has 5 heteroatoms. The number of nitrogens with one attached hydrogen (secondary N) is 2. The van der Waals surface area contributed by atoms with E-state index in [2.05, 4.69) is 34.7 Å². The van der Waals surface area contributed by atoms with E-state index < -0.39 is 0 Å². The van der Waals surface area contributed by atoms with Crippen molar-refractivity contribution in [2.75, 3.05) is 5.32 Å². The highest BCUT2D eigenvalue weighted by atomic mass is 35.5. The Bertz CT molecular complexity index is 911. The molecule has 1 aromatic heterocycles. The Kier molecular flexibility index (Phi) is 5.87. The summed E-state index contributed by atoms with van der Waals surface area (Å²) in [6.07, 6.45) is 3.27. The first kappa shape index (κ1) is 18.0. The monoisotopic (exact) mass is 365 g/mol. The standard InChI is InChI=1S/C21H20ClN3O/c1-15-6-2-3-7-16(15)12-24-19-10-18(11-23-14-19)21(26)25-13-17-8-4-5-9-20(17)22/h2-11,14,24H,12-13H2,1H3,(H,25,26). The highest BCUT2D eigenvalue weighted by molar-refractivity contribution is 6.31. The third kappa shape index (κ3) is 4.61. The minimum Gasteiger partial charge on any atom is -0.380 e. The van der Waals surface area contributed by atoms with E-state index in [0.717, 1.165) is 11.3 Å². The van der Waals surface area contributed by atoms with Crippen LogP contribution in [0.5, 0.6) is 0 Å². The van der Waals surface area contributed by atoms with Gasteiger partial charge in [-0.2, -0.15) is 0 Å². The lowest BCUT2D eigenvalue weighted by atomic mass is 10.1. The molecule has 0 aliphatic carbocycles. The lowest BCUT2D eigenvalue weighted by Crippen LogP contribution is -2.23. The third-order valence-electron chi connectivity index (χ3n) is 4.14. The Labute approximate surface area is 158 Å². The molecule has 0 aliphatic heterocycles. The van der Waals surface area contributed by atoms with Crippen LogP contribution in [0.4, 0.5) is 5.69 Å². The molecule has 0 saturated heterocycles. The van der Waals surface area contributed by atoms with Crippen molar-refractivity contribution in [1.82, 2.24) is 10.3 Å². The summed E-state index contributed by atoms with van der Waals surface area (Å²) in [5.74, 6) is -0.183. The van der Waals surface area contributed by atoms with E-state index in [9.17, 15) is 4.79 Å². The average Bonchev–Trinajstić information content (AvgIpc) is 2.67. The summed E-state index contributed by atoms with van der Waals surface area (Å²) in [7, 11) is 0. The second-order valence-electron chi connectivity index (χ2n) is 6.02. The fraction of sp³-hybridized carbons (Fsp3) is 0.143. The van der Waals surface area contributed by atoms with Crippen molar-refractivity contribution >= 4 is 23.2 Å². The molecule has 0 atom stereocenters. The van der Waals surface area contributed by atoms with E-state index in [1.54, 1.807) is 24.5 Å². The molecule has 0 spiro atoms. The fourth-order valence-corrected chi connectivity index (χ4v) is 2.79. The van der Waals surface area contributed by atoms with Gasteiger partial charge in [0.25, 0.3) is 5.91 Å². The van der Waals surface area contributed by atoms with Crippen molar-refractivity contribution in [1.29, 1.82) is 0 Å². The minimum atomic E-state index is -0.183. The molecule has 0 radical (unpaired) electrons. The van der Waals surface area contributed by atoms with Crippen molar-refractivity contribution in [3.05, 3.63) is 94.3 Å². The Morgan fingerprint density at radius 1 is 1.00 bits per heavy atom. The number of benzene rings is 2. The molecular formula is C21H20ClN3O. The van der Waals surface area contributed by atoms with E-state index >= 15 is 0 Å². The van der Waals surface area contributed by atoms with Gasteiger partial charge >= 0.3 is 0 Å². The number of aryl methyl sites for hydroxylation is 1. The molecule has 26 heavy (non-hydrogen) atoms. The Hall–Kier alpha value is -2.85. The van der Waals surface area contributed by atoms with Gasteiger partial charge in [-0.15, -0.1) is 0 Å². The highest BCUT2D eigenvalue weighted by Crippen LogP contribution is 2.15. The molecule has 4 nitrogen and oxygen atoms in total. The SMILES string of the molecule is Cc1ccccc1CNc1cncc(C(=O)NCc2ccccc2Cl)c1. The molecule has 3 rings (SSSR count). The number of aromatic nitrogens is 1. The number of carbonyl (C=O) groups is 1. The third-order valence-corrected chi connectivity index (χ3v) is 4.51. The van der Waals surface area contributed by atoms with Crippen molar-refractivity contribution in [2.45, 2.75) is 20.0 Å². The van der Waals surface area contributed by atoms with Gasteiger partial charge in [0.2, 0.25) is 0 Å². The van der Waals surface area contributed by atoms with Gasteiger partial charge in [-0.3, -0.25) is 9.78 Å². The number of carbonyl (C=O) groups excluding carboxylic acids is 1. The number of anilines is 1. The van der Waals surface area contributed by atoms with Crippen LogP contribution in [0.15, 0.2) is 67.0 Å². The van der Waals surface area contributed by atoms with Crippen LogP contribution < -0.4 is 10.6 Å². The van der Waals surface area contributed by atoms with Crippen molar-refractivity contribution in [3.63, 3.8) is 0 Å². The first-order chi connectivity index (χ1) is 12.6. The summed E-state index contributed by atoms with van der Waals surface area (Å²) in [5.41, 5.74) is 4.62. The predicted octanol–water partition coefficient (Wildman–Crippen LogP) is 4.59. The molecule has 2 aromatic carbocycles. The number of amides is 1. The van der Waals surface area contributed by atoms with Crippen LogP contribution in [0.1, 0.15) is 27.0 Å². The molecule has 2 N–H and O–H groups in total. The zero-order valence-corrected chi connectivity index (χ0v) is 15.3. The number of rotatable bonds is 6. The van der Waals surface area contributed by atoms with Gasteiger partial charge < -0.3 is 10.6 Å². The zero-order chi connectivity index (χ0) is 18.4. The van der Waals surface area contributed by atoms with Gasteiger partial charge in [-0.05, 0) is 35.7 Å². The van der Waals surface area contributed by atoms with Crippen molar-refractivity contribution in [2.24, 2.45) is 0 Å². The molecule has 1 heterocycles. The van der Waals surface area contributed by atoms with Crippen molar-refractivity contribution in [3.8, 4) is 0 Å². The van der Waals surface area contributed by atoms with Crippen LogP contribution in [-0.2, 0) is 13.1 Å². The predicted molar refractivity (Wildman–Crippen MR) is 105 cm³/mol. The van der Waals surface area contributed by atoms with Gasteiger partial charge in [0, 0.05) is 30.5 Å². The maximum atomic E-state index is 12.4. The van der Waals surface area contributed by atoms with Crippen molar-refractivity contribution < 1.29 is 4.79 Å². The largest absolute Gasteiger partial charge is 0.380 e. The Morgan fingerprint density at radius 3 is 2.50 bits per heavy atom. The first-order valence-corrected chi connectivity index (χ1v) is 8.76. The molecule has 3 aromatic rings. The summed E-state index contributed by atoms with van der Waals surface area (Å²) >= 11 is 6.12. The van der Waals surface area contributed by atoms with E-state index in [1.807, 2.05) is 30.3 Å². The topological polar surface area (TPSA) is 54.0 Å². The normalized spacial score (nSPS) is 10.4. The quantitative estimate of drug-likeness (QED) is 0.672. The number of pyridine rings is 1. The molecule has 0 unspecified atom stereocenters. The molecular weight excluding hydrogens is 346 g/mol. The van der Waals surface area contributed by atoms with E-state index in [4.69, 9.17) is 11.6 Å². The second kappa shape index (κ2) is 8.50. The number of nitrogens with zero attached hydrogens (tertiary/aromatic N) is 1. The summed E-state index contributed by atoms with van der Waals surface area (Å²) in [6.45, 7) is 3.13. The highest BCUT2D eigenvalue weighted by Gasteiger charge is 2.08. The van der Waals surface area contributed by atoms with Gasteiger partial charge in [0.05, 0.1) is 11.3 Å². The fourth-order valence-electron chi connectivity index (χ4n) is 2.59. The van der Waals surface area contributed by atoms with E-state index in [1.165, 1.54) is 11.1 Å². The van der Waals surface area contributed by atoms with Crippen LogP contribution in [0, 0.1) is 6.92 Å². The lowest BCUT2D eigenvalue weighted by molar-refractivity contribution is 0.0950. The second-order valence-corrected chi connectivity index (χ2v) is 6.42. The molecule has 0 saturated carbocycles. The molecule has 0 aliphatic rings. The van der Waals surface area contributed by atoms with Crippen LogP contribution in [0.25, 0.3) is 0 Å². The van der Waals surface area contributed by atoms with Crippen LogP contribution in [0.2, 0.25) is 5.02 Å². The molecule has 0 bridgehead atoms. The van der Waals surface area contributed by atoms with Gasteiger partial charge in [0.15, 0.2) is 0 Å². The summed E-state index contributed by atoms with van der Waals surface area (Å²) in [4.78, 5) is 16.6. The smallest absolute Gasteiger partial charge is 0.253 e. The minimum absolute atomic E-state index is 0.183. The number of halogens is 1. The Balaban J connectivity index is 1.62. The number of hydrogen-bond acceptors (Lipinski definition) is 3. The van der Waals surface area contributed by atoms with Gasteiger partial charge in [-0.25, -0.2) is 0 Å². The van der Waals surface area contributed by atoms with E-state index in [0.29, 0.717) is 23.7 Å². The van der Waals surface area contributed by atoms with Crippen LogP contribution >= 0.6 is 11.6 Å². The first-order valence-electron chi connectivity index (χ1n) is 8.38. The summed E-state index contributed by atoms with van der Waals surface area (Å²) in [5, 5.41) is 6.83. The van der Waals surface area contributed by atoms with E-state index in [-0.39, 0.29) is 5.91 Å². The Morgan fingerprint density at radius 2 is 1.73 bits per heavy atom. The maximum absolute atomic E-state index is 12.4. The zero-order valence-electron chi connectivity index (χ0n) is 14.5. The maximum Gasteiger partial charge on any atom is 0.253 e. The number of hydrogen-bond donors (Lipinski definition) is 2. The van der Waals surface area contributed by atoms with Gasteiger partial charge in [0.1, 0.15) is 0 Å². The molecule has 1 amide bonds. The lowest BCUT2D eigenvalue weighted by Gasteiger charge is -2.10. The summed E-state index contributed by atoms with van der Waals surface area (Å²) in [6, 6.07) is 17.4. The molecule has 132 valence electrons. The average molecular weight is 366 g/mol. The van der Waals surface area contributed by atoms with Crippen LogP contribution in [0.3, 0.4) is 0 Å². The van der Waals surface area contributed by atoms with Gasteiger partial charge in [-0.1, -0.05) is 54.1 Å². The molecule has 0 fully saturated rings.